The SMILES string of the molecule is Cc1cc(I)ccc1NC(=O)C[NH+]1CCCCCC1. The number of amides is 1. The summed E-state index contributed by atoms with van der Waals surface area (Å²) in [6, 6.07) is 6.11. The average molecular weight is 373 g/mol. The van der Waals surface area contributed by atoms with E-state index in [2.05, 4.69) is 34.0 Å². The summed E-state index contributed by atoms with van der Waals surface area (Å²) in [5, 5.41) is 3.04. The number of halogens is 1. The summed E-state index contributed by atoms with van der Waals surface area (Å²) < 4.78 is 1.20. The number of anilines is 1. The molecule has 0 radical (unpaired) electrons. The van der Waals surface area contributed by atoms with E-state index in [0.29, 0.717) is 6.54 Å². The number of quaternary nitrogens is 1. The van der Waals surface area contributed by atoms with Crippen LogP contribution in [0.1, 0.15) is 31.2 Å². The Morgan fingerprint density at radius 2 is 1.95 bits per heavy atom. The summed E-state index contributed by atoms with van der Waals surface area (Å²) in [4.78, 5) is 13.5. The van der Waals surface area contributed by atoms with E-state index in [4.69, 9.17) is 0 Å². The Balaban J connectivity index is 1.89. The lowest BCUT2D eigenvalue weighted by Crippen LogP contribution is -3.12. The number of likely N-dealkylation sites (tertiary alicyclic amines) is 1. The monoisotopic (exact) mass is 373 g/mol. The third kappa shape index (κ3) is 4.76. The van der Waals surface area contributed by atoms with Crippen LogP contribution in [0.15, 0.2) is 18.2 Å². The van der Waals surface area contributed by atoms with Gasteiger partial charge in [0.05, 0.1) is 13.1 Å². The van der Waals surface area contributed by atoms with Crippen LogP contribution in [0.2, 0.25) is 0 Å². The van der Waals surface area contributed by atoms with Crippen molar-refractivity contribution in [3.63, 3.8) is 0 Å². The minimum Gasteiger partial charge on any atom is -0.327 e. The summed E-state index contributed by atoms with van der Waals surface area (Å²) in [5.74, 6) is 0.140. The Bertz CT molecular complexity index is 440. The van der Waals surface area contributed by atoms with Gasteiger partial charge in [0.2, 0.25) is 0 Å². The molecule has 1 fully saturated rings. The van der Waals surface area contributed by atoms with Crippen LogP contribution in [0.5, 0.6) is 0 Å². The van der Waals surface area contributed by atoms with Crippen molar-refractivity contribution in [2.24, 2.45) is 0 Å². The van der Waals surface area contributed by atoms with Gasteiger partial charge in [-0.15, -0.1) is 0 Å². The zero-order valence-corrected chi connectivity index (χ0v) is 13.6. The molecule has 1 amide bonds. The Kier molecular flexibility index (Phi) is 5.63. The van der Waals surface area contributed by atoms with Gasteiger partial charge in [0.15, 0.2) is 6.54 Å². The van der Waals surface area contributed by atoms with Crippen molar-refractivity contribution in [1.82, 2.24) is 0 Å². The minimum atomic E-state index is 0.140. The molecule has 0 saturated carbocycles. The normalized spacial score (nSPS) is 16.9. The number of benzene rings is 1. The summed E-state index contributed by atoms with van der Waals surface area (Å²) in [5.41, 5.74) is 2.07. The van der Waals surface area contributed by atoms with Gasteiger partial charge in [-0.05, 0) is 79.0 Å². The highest BCUT2D eigenvalue weighted by atomic mass is 127. The highest BCUT2D eigenvalue weighted by Gasteiger charge is 2.16. The molecule has 1 aliphatic rings. The smallest absolute Gasteiger partial charge is 0.279 e. The third-order valence-electron chi connectivity index (χ3n) is 3.68. The second-order valence-corrected chi connectivity index (χ2v) is 6.59. The molecular weight excluding hydrogens is 351 g/mol. The van der Waals surface area contributed by atoms with Gasteiger partial charge in [0, 0.05) is 9.26 Å². The second-order valence-electron chi connectivity index (χ2n) is 5.35. The van der Waals surface area contributed by atoms with E-state index >= 15 is 0 Å². The van der Waals surface area contributed by atoms with Gasteiger partial charge in [0.1, 0.15) is 0 Å². The lowest BCUT2D eigenvalue weighted by Gasteiger charge is -2.17. The largest absolute Gasteiger partial charge is 0.327 e. The van der Waals surface area contributed by atoms with Gasteiger partial charge >= 0.3 is 0 Å². The molecule has 1 aromatic rings. The van der Waals surface area contributed by atoms with Crippen molar-refractivity contribution >= 4 is 34.2 Å². The number of hydrogen-bond donors (Lipinski definition) is 2. The fraction of sp³-hybridized carbons (Fsp3) is 0.533. The molecule has 0 aliphatic carbocycles. The highest BCUT2D eigenvalue weighted by molar-refractivity contribution is 14.1. The number of carbonyl (C=O) groups is 1. The van der Waals surface area contributed by atoms with Gasteiger partial charge in [-0.1, -0.05) is 0 Å². The number of carbonyl (C=O) groups excluding carboxylic acids is 1. The number of nitrogens with one attached hydrogen (secondary N) is 2. The average Bonchev–Trinajstić information content (AvgIpc) is 2.61. The number of rotatable bonds is 3. The van der Waals surface area contributed by atoms with Crippen LogP contribution in [0.4, 0.5) is 5.69 Å². The van der Waals surface area contributed by atoms with Crippen LogP contribution in [0.25, 0.3) is 0 Å². The van der Waals surface area contributed by atoms with Crippen LogP contribution < -0.4 is 10.2 Å². The van der Waals surface area contributed by atoms with E-state index in [1.165, 1.54) is 34.2 Å². The zero-order valence-electron chi connectivity index (χ0n) is 11.5. The first-order valence-electron chi connectivity index (χ1n) is 7.05. The first-order valence-corrected chi connectivity index (χ1v) is 8.12. The summed E-state index contributed by atoms with van der Waals surface area (Å²) >= 11 is 2.29. The topological polar surface area (TPSA) is 33.5 Å². The van der Waals surface area contributed by atoms with Gasteiger partial charge in [-0.2, -0.15) is 0 Å². The molecule has 104 valence electrons. The predicted octanol–water partition coefficient (Wildman–Crippen LogP) is 2.00. The lowest BCUT2D eigenvalue weighted by atomic mass is 10.2. The molecule has 1 aromatic carbocycles. The maximum atomic E-state index is 12.1. The fourth-order valence-corrected chi connectivity index (χ4v) is 3.24. The molecule has 0 spiro atoms. The van der Waals surface area contributed by atoms with Crippen LogP contribution in [-0.4, -0.2) is 25.5 Å². The van der Waals surface area contributed by atoms with Crippen molar-refractivity contribution in [3.8, 4) is 0 Å². The highest BCUT2D eigenvalue weighted by Crippen LogP contribution is 2.17. The molecule has 0 unspecified atom stereocenters. The molecule has 0 atom stereocenters. The van der Waals surface area contributed by atoms with E-state index in [-0.39, 0.29) is 5.91 Å². The lowest BCUT2D eigenvalue weighted by molar-refractivity contribution is -0.890. The Hall–Kier alpha value is -0.620. The first-order chi connectivity index (χ1) is 9.15. The zero-order chi connectivity index (χ0) is 13.7. The van der Waals surface area contributed by atoms with E-state index in [1.807, 2.05) is 19.1 Å². The Morgan fingerprint density at radius 1 is 1.26 bits per heavy atom. The maximum absolute atomic E-state index is 12.1. The van der Waals surface area contributed by atoms with Crippen LogP contribution >= 0.6 is 22.6 Å². The van der Waals surface area contributed by atoms with E-state index < -0.39 is 0 Å². The number of hydrogen-bond acceptors (Lipinski definition) is 1. The minimum absolute atomic E-state index is 0.140. The molecule has 19 heavy (non-hydrogen) atoms. The van der Waals surface area contributed by atoms with E-state index in [0.717, 1.165) is 24.3 Å². The molecule has 0 aromatic heterocycles. The van der Waals surface area contributed by atoms with Crippen molar-refractivity contribution in [1.29, 1.82) is 0 Å². The molecule has 4 heteroatoms. The Morgan fingerprint density at radius 3 is 2.58 bits per heavy atom. The quantitative estimate of drug-likeness (QED) is 0.781. The predicted molar refractivity (Wildman–Crippen MR) is 86.6 cm³/mol. The Labute approximate surface area is 128 Å². The number of aryl methyl sites for hydroxylation is 1. The molecule has 1 aliphatic heterocycles. The first kappa shape index (κ1) is 14.8. The molecule has 0 bridgehead atoms. The molecular formula is C15H22IN2O+. The molecule has 3 nitrogen and oxygen atoms in total. The molecule has 2 N–H and O–H groups in total. The molecule has 1 heterocycles. The van der Waals surface area contributed by atoms with Crippen LogP contribution in [-0.2, 0) is 4.79 Å². The maximum Gasteiger partial charge on any atom is 0.279 e. The van der Waals surface area contributed by atoms with Crippen LogP contribution in [0, 0.1) is 10.5 Å². The van der Waals surface area contributed by atoms with Crippen LogP contribution in [0.3, 0.4) is 0 Å². The molecule has 2 rings (SSSR count). The van der Waals surface area contributed by atoms with Gasteiger partial charge in [-0.25, -0.2) is 0 Å². The summed E-state index contributed by atoms with van der Waals surface area (Å²) in [6.45, 7) is 4.92. The van der Waals surface area contributed by atoms with Gasteiger partial charge in [-0.3, -0.25) is 4.79 Å². The van der Waals surface area contributed by atoms with Crippen molar-refractivity contribution in [2.45, 2.75) is 32.6 Å². The fourth-order valence-electron chi connectivity index (χ4n) is 2.59. The molecule has 1 saturated heterocycles. The van der Waals surface area contributed by atoms with Gasteiger partial charge < -0.3 is 10.2 Å². The van der Waals surface area contributed by atoms with Gasteiger partial charge in [0.25, 0.3) is 5.91 Å². The summed E-state index contributed by atoms with van der Waals surface area (Å²) in [7, 11) is 0. The summed E-state index contributed by atoms with van der Waals surface area (Å²) in [6.07, 6.45) is 5.15. The van der Waals surface area contributed by atoms with E-state index in [9.17, 15) is 4.79 Å². The third-order valence-corrected chi connectivity index (χ3v) is 4.35. The standard InChI is InChI=1S/C15H21IN2O/c1-12-10-13(16)6-7-14(12)17-15(19)11-18-8-4-2-3-5-9-18/h6-7,10H,2-5,8-9,11H2,1H3,(H,17,19)/p+1. The van der Waals surface area contributed by atoms with Crippen molar-refractivity contribution < 1.29 is 9.69 Å². The van der Waals surface area contributed by atoms with E-state index in [1.54, 1.807) is 0 Å². The van der Waals surface area contributed by atoms with Crippen molar-refractivity contribution in [2.75, 3.05) is 25.0 Å². The second kappa shape index (κ2) is 7.24. The van der Waals surface area contributed by atoms with Crippen molar-refractivity contribution in [3.05, 3.63) is 27.3 Å².